The Morgan fingerprint density at radius 3 is 1.52 bits per heavy atom. The van der Waals surface area contributed by atoms with Gasteiger partial charge in [0.2, 0.25) is 0 Å². The fraction of sp³-hybridized carbons (Fsp3) is 0.282. The third-order valence-electron chi connectivity index (χ3n) is 8.61. The lowest BCUT2D eigenvalue weighted by Crippen LogP contribution is -2.08. The third-order valence-corrected chi connectivity index (χ3v) is 10.2. The van der Waals surface area contributed by atoms with Crippen LogP contribution in [0.2, 0.25) is 0 Å². The predicted molar refractivity (Wildman–Crippen MR) is 227 cm³/mol. The first-order valence-electron chi connectivity index (χ1n) is 18.0. The smallest absolute Gasteiger partial charge is 0.425 e. The van der Waals surface area contributed by atoms with Crippen LogP contribution in [0, 0.1) is 34.6 Å². The zero-order valence-corrected chi connectivity index (χ0v) is 35.7. The highest BCUT2D eigenvalue weighted by atomic mass is 32.2. The largest absolute Gasteiger partial charge is 0.493 e. The molecule has 0 bridgehead atoms. The van der Waals surface area contributed by atoms with Crippen molar-refractivity contribution in [3.05, 3.63) is 101 Å². The quantitative estimate of drug-likeness (QED) is 0.0361. The van der Waals surface area contributed by atoms with Crippen LogP contribution in [0.15, 0.2) is 103 Å². The van der Waals surface area contributed by atoms with Crippen molar-refractivity contribution in [1.82, 2.24) is 0 Å². The highest BCUT2D eigenvalue weighted by Gasteiger charge is 2.13. The molecule has 0 aliphatic carbocycles. The summed E-state index contributed by atoms with van der Waals surface area (Å²) in [5.41, 5.74) is 14.1. The van der Waals surface area contributed by atoms with Crippen LogP contribution in [0.25, 0.3) is 10.8 Å². The van der Waals surface area contributed by atoms with E-state index in [4.69, 9.17) is 36.9 Å². The van der Waals surface area contributed by atoms with E-state index in [0.717, 1.165) is 38.6 Å². The summed E-state index contributed by atoms with van der Waals surface area (Å²) in [6.07, 6.45) is 0.196. The van der Waals surface area contributed by atoms with Crippen LogP contribution in [-0.4, -0.2) is 63.3 Å². The van der Waals surface area contributed by atoms with Crippen molar-refractivity contribution in [3.8, 4) is 11.5 Å². The first kappa shape index (κ1) is 46.7. The molecule has 60 heavy (non-hydrogen) atoms. The maximum Gasteiger partial charge on any atom is 0.425 e. The van der Waals surface area contributed by atoms with Crippen molar-refractivity contribution >= 4 is 81.4 Å². The molecule has 5 aromatic rings. The van der Waals surface area contributed by atoms with Crippen LogP contribution in [0.5, 0.6) is 11.5 Å². The van der Waals surface area contributed by atoms with Gasteiger partial charge in [0.25, 0.3) is 20.2 Å². The van der Waals surface area contributed by atoms with Crippen molar-refractivity contribution in [1.29, 1.82) is 0 Å². The molecule has 5 aromatic carbocycles. The predicted octanol–water partition coefficient (Wildman–Crippen LogP) is 9.52. The summed E-state index contributed by atoms with van der Waals surface area (Å²) in [5, 5.41) is 28.6. The SMILES string of the molecule is Cc1cc(N=Nc2cc(C)c(N=Nc3cc(C)c(N=Nc4ccc5cccc(OCCCS(=O)(=O)O)c5c4)cc3C)cc2OCCCS(=O)(=O)O)c(C)cc1N.O=S(=O)=O. The van der Waals surface area contributed by atoms with E-state index in [2.05, 4.69) is 30.7 Å². The molecule has 0 fully saturated rings. The van der Waals surface area contributed by atoms with Gasteiger partial charge in [-0.05, 0) is 129 Å². The number of nitrogens with zero attached hydrogens (tertiary/aromatic N) is 6. The maximum absolute atomic E-state index is 11.3. The molecule has 0 saturated heterocycles. The molecule has 0 amide bonds. The lowest BCUT2D eigenvalue weighted by atomic mass is 10.1. The van der Waals surface area contributed by atoms with E-state index in [1.807, 2.05) is 89.2 Å². The molecular weight excluding hydrogens is 839 g/mol. The molecule has 318 valence electrons. The van der Waals surface area contributed by atoms with E-state index in [-0.39, 0.29) is 31.8 Å². The Morgan fingerprint density at radius 1 is 0.550 bits per heavy atom. The van der Waals surface area contributed by atoms with Crippen LogP contribution in [0.3, 0.4) is 0 Å². The van der Waals surface area contributed by atoms with Crippen LogP contribution in [0.1, 0.15) is 40.7 Å². The van der Waals surface area contributed by atoms with Gasteiger partial charge in [-0.15, -0.1) is 17.7 Å². The minimum absolute atomic E-state index is 0.00982. The average Bonchev–Trinajstić information content (AvgIpc) is 3.15. The van der Waals surface area contributed by atoms with Gasteiger partial charge >= 0.3 is 10.6 Å². The monoisotopic (exact) mass is 881 g/mol. The third kappa shape index (κ3) is 14.7. The van der Waals surface area contributed by atoms with Gasteiger partial charge in [-0.1, -0.05) is 18.2 Å². The Kier molecular flexibility index (Phi) is 16.2. The van der Waals surface area contributed by atoms with Crippen molar-refractivity contribution < 1.29 is 48.0 Å². The van der Waals surface area contributed by atoms with Crippen LogP contribution >= 0.6 is 0 Å². The molecule has 0 aliphatic heterocycles. The number of rotatable bonds is 16. The molecule has 0 aromatic heterocycles. The zero-order chi connectivity index (χ0) is 44.2. The van der Waals surface area contributed by atoms with Crippen molar-refractivity contribution in [2.75, 3.05) is 30.5 Å². The van der Waals surface area contributed by atoms with E-state index < -0.39 is 36.6 Å². The topological polar surface area (TPSA) is 279 Å². The summed E-state index contributed by atoms with van der Waals surface area (Å²) in [5.74, 6) is 0.0250. The Labute approximate surface area is 348 Å². The molecule has 0 saturated carbocycles. The Hall–Kier alpha value is -6.00. The second-order valence-electron chi connectivity index (χ2n) is 13.5. The minimum atomic E-state index is -4.15. The van der Waals surface area contributed by atoms with Crippen LogP contribution in [0.4, 0.5) is 39.8 Å². The van der Waals surface area contributed by atoms with Gasteiger partial charge in [-0.25, -0.2) is 0 Å². The van der Waals surface area contributed by atoms with Crippen molar-refractivity contribution in [2.45, 2.75) is 47.5 Å². The normalized spacial score (nSPS) is 12.0. The van der Waals surface area contributed by atoms with Crippen LogP contribution in [-0.2, 0) is 30.8 Å². The molecule has 0 unspecified atom stereocenters. The summed E-state index contributed by atoms with van der Waals surface area (Å²) >= 11 is 0. The molecule has 0 spiro atoms. The first-order valence-corrected chi connectivity index (χ1v) is 22.2. The summed E-state index contributed by atoms with van der Waals surface area (Å²) in [6, 6.07) is 21.9. The number of azo groups is 3. The van der Waals surface area contributed by atoms with E-state index in [1.54, 1.807) is 18.2 Å². The average molecular weight is 882 g/mol. The second-order valence-corrected chi connectivity index (χ2v) is 17.0. The summed E-state index contributed by atoms with van der Waals surface area (Å²) in [6.45, 7) is 9.49. The number of nitrogen functional groups attached to an aromatic ring is 1. The van der Waals surface area contributed by atoms with Crippen LogP contribution < -0.4 is 15.2 Å². The van der Waals surface area contributed by atoms with Crippen molar-refractivity contribution in [2.24, 2.45) is 30.7 Å². The van der Waals surface area contributed by atoms with Gasteiger partial charge in [-0.2, -0.15) is 42.4 Å². The number of aryl methyl sites for hydroxylation is 5. The highest BCUT2D eigenvalue weighted by molar-refractivity contribution is 7.86. The first-order chi connectivity index (χ1) is 28.2. The second kappa shape index (κ2) is 20.8. The molecule has 0 atom stereocenters. The number of benzene rings is 5. The fourth-order valence-corrected chi connectivity index (χ4v) is 6.46. The number of fused-ring (bicyclic) bond motifs is 1. The van der Waals surface area contributed by atoms with E-state index in [0.29, 0.717) is 51.3 Å². The summed E-state index contributed by atoms with van der Waals surface area (Å²) in [7, 11) is -11.3. The molecule has 21 heteroatoms. The Bertz CT molecular complexity index is 2810. The lowest BCUT2D eigenvalue weighted by Gasteiger charge is -2.11. The Morgan fingerprint density at radius 2 is 0.983 bits per heavy atom. The number of nitrogens with two attached hydrogens (primary N) is 1. The molecule has 0 heterocycles. The molecule has 0 radical (unpaired) electrons. The summed E-state index contributed by atoms with van der Waals surface area (Å²) in [4.78, 5) is 0. The van der Waals surface area contributed by atoms with E-state index >= 15 is 0 Å². The van der Waals surface area contributed by atoms with E-state index in [1.165, 1.54) is 0 Å². The van der Waals surface area contributed by atoms with Gasteiger partial charge in [0, 0.05) is 17.1 Å². The molecule has 4 N–H and O–H groups in total. The molecule has 18 nitrogen and oxygen atoms in total. The van der Waals surface area contributed by atoms with Gasteiger partial charge in [0.1, 0.15) is 17.2 Å². The lowest BCUT2D eigenvalue weighted by molar-refractivity contribution is 0.317. The van der Waals surface area contributed by atoms with Gasteiger partial charge in [-0.3, -0.25) is 9.11 Å². The number of hydrogen-bond acceptors (Lipinski definition) is 16. The number of hydrogen-bond donors (Lipinski definition) is 3. The van der Waals surface area contributed by atoms with Gasteiger partial charge in [0.15, 0.2) is 0 Å². The van der Waals surface area contributed by atoms with Crippen molar-refractivity contribution in [3.63, 3.8) is 0 Å². The number of anilines is 1. The standard InChI is InChI=1S/C39H43N7O8S2.O3S/c1-24-18-33(25(2)17-32(24)40)44-46-37-21-28(5)36(23-39(37)54-14-8-16-56(50,51)52)45-43-35-20-26(3)34(19-27(35)4)42-41-30-12-11-29-9-6-10-38(31(29)22-30)53-13-7-15-55(47,48)49;1-4(2)3/h6,9-12,17-23H,7-8,13-16,40H2,1-5H3,(H,47,48,49)(H,50,51,52);. The molecule has 5 rings (SSSR count). The fourth-order valence-electron chi connectivity index (χ4n) is 5.49. The molecule has 0 aliphatic rings. The van der Waals surface area contributed by atoms with Gasteiger partial charge in [0.05, 0.1) is 53.2 Å². The highest BCUT2D eigenvalue weighted by Crippen LogP contribution is 2.39. The minimum Gasteiger partial charge on any atom is -0.493 e. The summed E-state index contributed by atoms with van der Waals surface area (Å²) < 4.78 is 99.8. The van der Waals surface area contributed by atoms with Gasteiger partial charge < -0.3 is 15.2 Å². The number of ether oxygens (including phenoxy) is 2. The maximum atomic E-state index is 11.3. The van der Waals surface area contributed by atoms with E-state index in [9.17, 15) is 16.8 Å². The molecular formula is C39H43N7O11S3. The Balaban J connectivity index is 0.00000190. The zero-order valence-electron chi connectivity index (χ0n) is 33.2.